The summed E-state index contributed by atoms with van der Waals surface area (Å²) < 4.78 is 26.4. The van der Waals surface area contributed by atoms with Crippen molar-refractivity contribution in [1.29, 1.82) is 0 Å². The molecule has 0 aromatic carbocycles. The van der Waals surface area contributed by atoms with Gasteiger partial charge in [-0.25, -0.2) is 9.98 Å². The van der Waals surface area contributed by atoms with Gasteiger partial charge in [0.2, 0.25) is 0 Å². The Kier molecular flexibility index (Phi) is 7.03. The normalized spacial score (nSPS) is 15.7. The highest BCUT2D eigenvalue weighted by molar-refractivity contribution is 5.79. The van der Waals surface area contributed by atoms with Crippen LogP contribution in [0.2, 0.25) is 0 Å². The molecule has 1 aliphatic rings. The summed E-state index contributed by atoms with van der Waals surface area (Å²) in [5, 5.41) is 6.38. The fourth-order valence-electron chi connectivity index (χ4n) is 2.61. The van der Waals surface area contributed by atoms with Crippen LogP contribution in [0.4, 0.5) is 8.78 Å². The fraction of sp³-hybridized carbons (Fsp3) is 0.625. The van der Waals surface area contributed by atoms with E-state index in [2.05, 4.69) is 26.7 Å². The second-order valence-corrected chi connectivity index (χ2v) is 5.51. The molecule has 128 valence electrons. The van der Waals surface area contributed by atoms with E-state index in [1.165, 1.54) is 43.7 Å². The Morgan fingerprint density at radius 2 is 2.26 bits per heavy atom. The van der Waals surface area contributed by atoms with Crippen molar-refractivity contribution in [1.82, 2.24) is 20.2 Å². The van der Waals surface area contributed by atoms with E-state index in [1.807, 2.05) is 6.92 Å². The lowest BCUT2D eigenvalue weighted by Crippen LogP contribution is -2.38. The third-order valence-electron chi connectivity index (χ3n) is 3.81. The van der Waals surface area contributed by atoms with Gasteiger partial charge in [-0.15, -0.1) is 0 Å². The number of halogens is 2. The number of guanidine groups is 1. The quantitative estimate of drug-likeness (QED) is 0.460. The maximum Gasteiger partial charge on any atom is 0.319 e. The molecule has 0 fully saturated rings. The summed E-state index contributed by atoms with van der Waals surface area (Å²) in [5.74, 6) is 0.889. The summed E-state index contributed by atoms with van der Waals surface area (Å²) in [6.45, 7) is 1.02. The van der Waals surface area contributed by atoms with Crippen molar-refractivity contribution in [3.8, 4) is 0 Å². The largest absolute Gasteiger partial charge is 0.357 e. The van der Waals surface area contributed by atoms with Gasteiger partial charge in [-0.05, 0) is 39.0 Å². The Bertz CT molecular complexity index is 536. The predicted molar refractivity (Wildman–Crippen MR) is 87.5 cm³/mol. The molecule has 0 amide bonds. The lowest BCUT2D eigenvalue weighted by molar-refractivity contribution is 0.0671. The Morgan fingerprint density at radius 3 is 2.96 bits per heavy atom. The highest BCUT2D eigenvalue weighted by Crippen LogP contribution is 2.19. The first-order valence-corrected chi connectivity index (χ1v) is 8.20. The van der Waals surface area contributed by atoms with E-state index in [1.54, 1.807) is 0 Å². The van der Waals surface area contributed by atoms with E-state index >= 15 is 0 Å². The zero-order chi connectivity index (χ0) is 16.5. The molecule has 5 nitrogen and oxygen atoms in total. The van der Waals surface area contributed by atoms with E-state index in [0.717, 1.165) is 24.1 Å². The number of aliphatic imine (C=N–C) groups is 1. The first kappa shape index (κ1) is 17.4. The van der Waals surface area contributed by atoms with Gasteiger partial charge in [0.15, 0.2) is 5.96 Å². The van der Waals surface area contributed by atoms with E-state index in [9.17, 15) is 8.78 Å². The van der Waals surface area contributed by atoms with E-state index in [-0.39, 0.29) is 12.4 Å². The molecule has 1 aromatic heterocycles. The topological polar surface area (TPSA) is 54.2 Å². The number of hydrogen-bond acceptors (Lipinski definition) is 2. The minimum absolute atomic E-state index is 0.120. The molecule has 0 unspecified atom stereocenters. The van der Waals surface area contributed by atoms with Gasteiger partial charge in [0.05, 0.1) is 0 Å². The number of aromatic nitrogens is 2. The van der Waals surface area contributed by atoms with Crippen LogP contribution in [0.3, 0.4) is 0 Å². The molecule has 2 rings (SSSR count). The Balaban J connectivity index is 1.86. The van der Waals surface area contributed by atoms with Gasteiger partial charge in [-0.2, -0.15) is 8.78 Å². The van der Waals surface area contributed by atoms with Crippen LogP contribution in [0.5, 0.6) is 0 Å². The molecule has 0 saturated carbocycles. The predicted octanol–water partition coefficient (Wildman–Crippen LogP) is 3.22. The number of allylic oxidation sites excluding steroid dienone is 1. The minimum Gasteiger partial charge on any atom is -0.357 e. The second kappa shape index (κ2) is 9.27. The van der Waals surface area contributed by atoms with Crippen molar-refractivity contribution < 1.29 is 8.78 Å². The summed E-state index contributed by atoms with van der Waals surface area (Å²) in [7, 11) is 0. The van der Waals surface area contributed by atoms with Crippen molar-refractivity contribution in [2.75, 3.05) is 13.1 Å². The molecule has 23 heavy (non-hydrogen) atoms. The van der Waals surface area contributed by atoms with E-state index in [0.29, 0.717) is 5.96 Å². The smallest absolute Gasteiger partial charge is 0.319 e. The minimum atomic E-state index is -2.59. The van der Waals surface area contributed by atoms with Crippen LogP contribution < -0.4 is 10.6 Å². The first-order chi connectivity index (χ1) is 11.2. The molecule has 7 heteroatoms. The SMILES string of the molecule is CCNC(=NCc1nccn1C(F)F)NCCC1=CCCCC1. The Hall–Kier alpha value is -1.92. The van der Waals surface area contributed by atoms with E-state index in [4.69, 9.17) is 0 Å². The molecule has 0 saturated heterocycles. The van der Waals surface area contributed by atoms with Crippen LogP contribution in [0.1, 0.15) is 51.4 Å². The molecular formula is C16H25F2N5. The standard InChI is InChI=1S/C16H25F2N5/c1-2-19-16(21-9-8-13-6-4-3-5-7-13)22-12-14-20-10-11-23(14)15(17)18/h6,10-11,15H,2-5,7-9,12H2,1H3,(H2,19,21,22). The summed E-state index contributed by atoms with van der Waals surface area (Å²) in [6, 6.07) is 0. The van der Waals surface area contributed by atoms with E-state index < -0.39 is 6.55 Å². The Labute approximate surface area is 135 Å². The number of nitrogens with one attached hydrogen (secondary N) is 2. The zero-order valence-electron chi connectivity index (χ0n) is 13.6. The molecule has 0 bridgehead atoms. The van der Waals surface area contributed by atoms with Crippen molar-refractivity contribution in [2.24, 2.45) is 4.99 Å². The first-order valence-electron chi connectivity index (χ1n) is 8.20. The molecule has 1 heterocycles. The van der Waals surface area contributed by atoms with Gasteiger partial charge in [0.1, 0.15) is 12.4 Å². The van der Waals surface area contributed by atoms with Crippen molar-refractivity contribution in [2.45, 2.75) is 52.1 Å². The van der Waals surface area contributed by atoms with Crippen molar-refractivity contribution >= 4 is 5.96 Å². The number of hydrogen-bond donors (Lipinski definition) is 2. The molecule has 0 aliphatic heterocycles. The van der Waals surface area contributed by atoms with Gasteiger partial charge in [-0.3, -0.25) is 4.57 Å². The number of alkyl halides is 2. The van der Waals surface area contributed by atoms with Gasteiger partial charge in [0, 0.05) is 25.5 Å². The van der Waals surface area contributed by atoms with Crippen LogP contribution in [-0.2, 0) is 6.54 Å². The van der Waals surface area contributed by atoms with Crippen LogP contribution in [0.15, 0.2) is 29.0 Å². The third-order valence-corrected chi connectivity index (χ3v) is 3.81. The second-order valence-electron chi connectivity index (χ2n) is 5.51. The summed E-state index contributed by atoms with van der Waals surface area (Å²) in [4.78, 5) is 8.27. The fourth-order valence-corrected chi connectivity index (χ4v) is 2.61. The maximum atomic E-state index is 12.8. The average molecular weight is 325 g/mol. The Morgan fingerprint density at radius 1 is 1.39 bits per heavy atom. The van der Waals surface area contributed by atoms with Crippen molar-refractivity contribution in [3.63, 3.8) is 0 Å². The van der Waals surface area contributed by atoms with Gasteiger partial charge in [-0.1, -0.05) is 11.6 Å². The van der Waals surface area contributed by atoms with Gasteiger partial charge in [0.25, 0.3) is 0 Å². The molecule has 2 N–H and O–H groups in total. The highest BCUT2D eigenvalue weighted by Gasteiger charge is 2.11. The number of rotatable bonds is 7. The molecule has 0 spiro atoms. The molecule has 0 atom stereocenters. The molecule has 1 aliphatic carbocycles. The average Bonchev–Trinajstić information content (AvgIpc) is 3.02. The monoisotopic (exact) mass is 325 g/mol. The number of imidazole rings is 1. The van der Waals surface area contributed by atoms with Gasteiger partial charge < -0.3 is 10.6 Å². The van der Waals surface area contributed by atoms with Crippen LogP contribution in [0.25, 0.3) is 0 Å². The van der Waals surface area contributed by atoms with Crippen LogP contribution in [-0.4, -0.2) is 28.6 Å². The lowest BCUT2D eigenvalue weighted by atomic mass is 9.97. The lowest BCUT2D eigenvalue weighted by Gasteiger charge is -2.15. The van der Waals surface area contributed by atoms with Crippen LogP contribution in [0, 0.1) is 0 Å². The molecule has 0 radical (unpaired) electrons. The van der Waals surface area contributed by atoms with Crippen molar-refractivity contribution in [3.05, 3.63) is 29.9 Å². The van der Waals surface area contributed by atoms with Crippen LogP contribution >= 0.6 is 0 Å². The highest BCUT2D eigenvalue weighted by atomic mass is 19.3. The maximum absolute atomic E-state index is 12.8. The number of nitrogens with zero attached hydrogens (tertiary/aromatic N) is 3. The summed E-state index contributed by atoms with van der Waals surface area (Å²) in [6.07, 6.45) is 10.9. The molecule has 1 aromatic rings. The summed E-state index contributed by atoms with van der Waals surface area (Å²) >= 11 is 0. The third kappa shape index (κ3) is 5.65. The van der Waals surface area contributed by atoms with Gasteiger partial charge >= 0.3 is 6.55 Å². The molecular weight excluding hydrogens is 300 g/mol. The summed E-state index contributed by atoms with van der Waals surface area (Å²) in [5.41, 5.74) is 1.49. The zero-order valence-corrected chi connectivity index (χ0v) is 13.6.